The van der Waals surface area contributed by atoms with Crippen LogP contribution in [-0.2, 0) is 13.1 Å². The molecule has 2 amide bonds. The van der Waals surface area contributed by atoms with Gasteiger partial charge in [-0.1, -0.05) is 19.1 Å². The Balaban J connectivity index is 1.09. The molecular formula is C31H33N5O5. The van der Waals surface area contributed by atoms with E-state index in [1.807, 2.05) is 64.7 Å². The van der Waals surface area contributed by atoms with Crippen LogP contribution in [0.15, 0.2) is 86.8 Å². The van der Waals surface area contributed by atoms with Crippen molar-refractivity contribution in [2.45, 2.75) is 45.3 Å². The van der Waals surface area contributed by atoms with Crippen molar-refractivity contribution in [3.63, 3.8) is 0 Å². The molecule has 0 spiro atoms. The van der Waals surface area contributed by atoms with Gasteiger partial charge in [0.05, 0.1) is 30.4 Å². The van der Waals surface area contributed by atoms with E-state index < -0.39 is 0 Å². The minimum absolute atomic E-state index is 0.0361. The minimum Gasteiger partial charge on any atom is -0.459 e. The Morgan fingerprint density at radius 2 is 1.83 bits per heavy atom. The highest BCUT2D eigenvalue weighted by atomic mass is 16.4. The number of aromatic amines is 1. The predicted octanol–water partition coefficient (Wildman–Crippen LogP) is 4.90. The molecule has 6 rings (SSSR count). The van der Waals surface area contributed by atoms with Crippen LogP contribution in [0.5, 0.6) is 0 Å². The number of nitrogens with zero attached hydrogens (tertiary/aromatic N) is 4. The number of imidazole rings is 1. The van der Waals surface area contributed by atoms with E-state index in [9.17, 15) is 14.4 Å². The lowest BCUT2D eigenvalue weighted by Gasteiger charge is -2.32. The molecule has 0 radical (unpaired) electrons. The summed E-state index contributed by atoms with van der Waals surface area (Å²) in [4.78, 5) is 45.3. The van der Waals surface area contributed by atoms with E-state index in [0.29, 0.717) is 62.8 Å². The highest BCUT2D eigenvalue weighted by Crippen LogP contribution is 2.26. The van der Waals surface area contributed by atoms with Crippen molar-refractivity contribution < 1.29 is 18.4 Å². The smallest absolute Gasteiger partial charge is 0.326 e. The Morgan fingerprint density at radius 1 is 1.00 bits per heavy atom. The van der Waals surface area contributed by atoms with Crippen LogP contribution in [0.25, 0.3) is 11.0 Å². The molecule has 0 bridgehead atoms. The summed E-state index contributed by atoms with van der Waals surface area (Å²) < 4.78 is 15.2. The zero-order valence-electron chi connectivity index (χ0n) is 23.0. The Hall–Kier alpha value is -4.73. The summed E-state index contributed by atoms with van der Waals surface area (Å²) in [6.07, 6.45) is 5.66. The fourth-order valence-corrected chi connectivity index (χ4v) is 5.69. The van der Waals surface area contributed by atoms with Gasteiger partial charge in [0.15, 0.2) is 11.5 Å². The van der Waals surface area contributed by atoms with E-state index in [4.69, 9.17) is 8.83 Å². The van der Waals surface area contributed by atoms with E-state index in [2.05, 4.69) is 4.98 Å². The van der Waals surface area contributed by atoms with Crippen LogP contribution < -0.4 is 5.69 Å². The maximum absolute atomic E-state index is 13.3. The number of benzene rings is 1. The second-order valence-corrected chi connectivity index (χ2v) is 10.4. The lowest BCUT2D eigenvalue weighted by Crippen LogP contribution is -2.40. The standard InChI is InChI=1S/C31H33N5O5/c1-2-15-35(29(37)27-10-6-19-40-27)20-23-7-5-16-34(23)21-24-11-12-28(41-24)30(38)33-17-13-22(14-18-33)36-26-9-4-3-8-25(26)32-31(36)39/h3-12,16,19,22H,2,13-15,17-18,20-21H2,1H3,(H,32,39). The molecule has 1 aromatic carbocycles. The van der Waals surface area contributed by atoms with Crippen molar-refractivity contribution in [3.8, 4) is 0 Å². The summed E-state index contributed by atoms with van der Waals surface area (Å²) in [6.45, 7) is 4.61. The third-order valence-corrected chi connectivity index (χ3v) is 7.73. The zero-order chi connectivity index (χ0) is 28.3. The summed E-state index contributed by atoms with van der Waals surface area (Å²) in [7, 11) is 0. The normalized spacial score (nSPS) is 14.1. The largest absolute Gasteiger partial charge is 0.459 e. The second-order valence-electron chi connectivity index (χ2n) is 10.4. The van der Waals surface area contributed by atoms with Gasteiger partial charge in [-0.25, -0.2) is 4.79 Å². The number of nitrogens with one attached hydrogen (secondary N) is 1. The maximum atomic E-state index is 13.3. The Labute approximate surface area is 236 Å². The van der Waals surface area contributed by atoms with Gasteiger partial charge in [-0.05, 0) is 67.8 Å². The van der Waals surface area contributed by atoms with Gasteiger partial charge in [0.1, 0.15) is 5.76 Å². The quantitative estimate of drug-likeness (QED) is 0.278. The Bertz CT molecular complexity index is 1700. The number of piperidine rings is 1. The predicted molar refractivity (Wildman–Crippen MR) is 153 cm³/mol. The van der Waals surface area contributed by atoms with E-state index in [1.54, 1.807) is 28.0 Å². The van der Waals surface area contributed by atoms with E-state index in [1.165, 1.54) is 6.26 Å². The first-order valence-electron chi connectivity index (χ1n) is 14.1. The van der Waals surface area contributed by atoms with Gasteiger partial charge >= 0.3 is 5.69 Å². The monoisotopic (exact) mass is 555 g/mol. The number of rotatable bonds is 9. The first-order valence-corrected chi connectivity index (χ1v) is 14.1. The SMILES string of the molecule is CCCN(Cc1cccn1Cc1ccc(C(=O)N2CCC(n3c(=O)[nH]c4ccccc43)CC2)o1)C(=O)c1ccco1. The number of carbonyl (C=O) groups excluding carboxylic acids is 2. The number of hydrogen-bond donors (Lipinski definition) is 1. The van der Waals surface area contributed by atoms with Gasteiger partial charge in [-0.15, -0.1) is 0 Å². The molecule has 0 saturated carbocycles. The van der Waals surface area contributed by atoms with Gasteiger partial charge in [0, 0.05) is 37.6 Å². The lowest BCUT2D eigenvalue weighted by atomic mass is 10.0. The zero-order valence-corrected chi connectivity index (χ0v) is 23.0. The van der Waals surface area contributed by atoms with Gasteiger partial charge in [0.25, 0.3) is 11.8 Å². The Morgan fingerprint density at radius 3 is 2.61 bits per heavy atom. The highest BCUT2D eigenvalue weighted by Gasteiger charge is 2.28. The second kappa shape index (κ2) is 11.4. The molecule has 212 valence electrons. The number of para-hydroxylation sites is 2. The molecule has 1 aliphatic heterocycles. The number of fused-ring (bicyclic) bond motifs is 1. The summed E-state index contributed by atoms with van der Waals surface area (Å²) >= 11 is 0. The molecule has 10 nitrogen and oxygen atoms in total. The lowest BCUT2D eigenvalue weighted by molar-refractivity contribution is 0.0659. The molecule has 1 aliphatic rings. The fraction of sp³-hybridized carbons (Fsp3) is 0.323. The molecule has 0 unspecified atom stereocenters. The molecule has 4 aromatic heterocycles. The third kappa shape index (κ3) is 5.37. The first kappa shape index (κ1) is 26.5. The third-order valence-electron chi connectivity index (χ3n) is 7.73. The molecule has 5 aromatic rings. The first-order chi connectivity index (χ1) is 20.0. The van der Waals surface area contributed by atoms with Crippen molar-refractivity contribution in [1.82, 2.24) is 23.9 Å². The molecule has 0 aliphatic carbocycles. The van der Waals surface area contributed by atoms with Gasteiger partial charge in [0.2, 0.25) is 0 Å². The van der Waals surface area contributed by atoms with E-state index in [0.717, 1.165) is 23.1 Å². The van der Waals surface area contributed by atoms with Crippen LogP contribution in [-0.4, -0.2) is 55.4 Å². The molecule has 1 fully saturated rings. The van der Waals surface area contributed by atoms with Gasteiger partial charge in [-0.3, -0.25) is 14.2 Å². The van der Waals surface area contributed by atoms with Crippen molar-refractivity contribution in [2.75, 3.05) is 19.6 Å². The van der Waals surface area contributed by atoms with Crippen molar-refractivity contribution in [1.29, 1.82) is 0 Å². The average Bonchev–Trinajstić information content (AvgIpc) is 3.80. The maximum Gasteiger partial charge on any atom is 0.326 e. The van der Waals surface area contributed by atoms with Crippen LogP contribution >= 0.6 is 0 Å². The molecule has 10 heteroatoms. The van der Waals surface area contributed by atoms with Gasteiger partial charge < -0.3 is 28.2 Å². The summed E-state index contributed by atoms with van der Waals surface area (Å²) in [6, 6.07) is 18.6. The van der Waals surface area contributed by atoms with Crippen molar-refractivity contribution in [2.24, 2.45) is 0 Å². The Kier molecular flexibility index (Phi) is 7.37. The topological polar surface area (TPSA) is 110 Å². The van der Waals surface area contributed by atoms with Crippen molar-refractivity contribution >= 4 is 22.8 Å². The number of H-pyrrole nitrogens is 1. The number of aromatic nitrogens is 3. The minimum atomic E-state index is -0.146. The van der Waals surface area contributed by atoms with Crippen molar-refractivity contribution in [3.05, 3.63) is 107 Å². The number of carbonyl (C=O) groups is 2. The van der Waals surface area contributed by atoms with Crippen LogP contribution in [0.4, 0.5) is 0 Å². The van der Waals surface area contributed by atoms with Crippen LogP contribution in [0.1, 0.15) is 64.8 Å². The fourth-order valence-electron chi connectivity index (χ4n) is 5.69. The molecule has 1 saturated heterocycles. The average molecular weight is 556 g/mol. The molecule has 1 N–H and O–H groups in total. The number of hydrogen-bond acceptors (Lipinski definition) is 5. The van der Waals surface area contributed by atoms with Crippen LogP contribution in [0, 0.1) is 0 Å². The van der Waals surface area contributed by atoms with Crippen LogP contribution in [0.3, 0.4) is 0 Å². The molecule has 0 atom stereocenters. The summed E-state index contributed by atoms with van der Waals surface area (Å²) in [5, 5.41) is 0. The number of likely N-dealkylation sites (tertiary alicyclic amines) is 1. The number of amides is 2. The summed E-state index contributed by atoms with van der Waals surface area (Å²) in [5.74, 6) is 0.992. The van der Waals surface area contributed by atoms with Gasteiger partial charge in [-0.2, -0.15) is 0 Å². The van der Waals surface area contributed by atoms with Crippen LogP contribution in [0.2, 0.25) is 0 Å². The number of furan rings is 2. The van der Waals surface area contributed by atoms with E-state index >= 15 is 0 Å². The molecule has 41 heavy (non-hydrogen) atoms. The van der Waals surface area contributed by atoms with E-state index in [-0.39, 0.29) is 23.5 Å². The summed E-state index contributed by atoms with van der Waals surface area (Å²) in [5.41, 5.74) is 2.56. The molecule has 5 heterocycles. The highest BCUT2D eigenvalue weighted by molar-refractivity contribution is 5.92. The molecular weight excluding hydrogens is 522 g/mol.